The van der Waals surface area contributed by atoms with Crippen LogP contribution in [0.25, 0.3) is 0 Å². The number of thiazole rings is 1. The fraction of sp³-hybridized carbons (Fsp3) is 0.692. The van der Waals surface area contributed by atoms with Crippen molar-refractivity contribution in [1.29, 1.82) is 0 Å². The number of piperazine rings is 1. The van der Waals surface area contributed by atoms with E-state index in [0.717, 1.165) is 37.7 Å². The van der Waals surface area contributed by atoms with Gasteiger partial charge in [0.05, 0.1) is 6.54 Å². The number of carbonyl (C=O) groups excluding carboxylic acids is 1. The molecule has 0 bridgehead atoms. The Balaban J connectivity index is 1.78. The molecule has 5 heteroatoms. The van der Waals surface area contributed by atoms with Crippen molar-refractivity contribution >= 4 is 22.3 Å². The number of carbonyl (C=O) groups is 1. The van der Waals surface area contributed by atoms with Gasteiger partial charge in [-0.25, -0.2) is 4.98 Å². The second-order valence-electron chi connectivity index (χ2n) is 4.85. The highest BCUT2D eigenvalue weighted by atomic mass is 32.1. The maximum atomic E-state index is 11.9. The van der Waals surface area contributed by atoms with Crippen LogP contribution in [0.1, 0.15) is 20.3 Å². The first-order valence-corrected chi connectivity index (χ1v) is 7.48. The topological polar surface area (TPSA) is 36.4 Å². The lowest BCUT2D eigenvalue weighted by Gasteiger charge is -2.34. The van der Waals surface area contributed by atoms with Gasteiger partial charge in [-0.3, -0.25) is 9.69 Å². The largest absolute Gasteiger partial charge is 0.346 e. The second-order valence-corrected chi connectivity index (χ2v) is 5.73. The predicted molar refractivity (Wildman–Crippen MR) is 75.2 cm³/mol. The molecule has 4 nitrogen and oxygen atoms in total. The number of hydrogen-bond donors (Lipinski definition) is 0. The Bertz CT molecular complexity index is 372. The monoisotopic (exact) mass is 267 g/mol. The van der Waals surface area contributed by atoms with E-state index in [0.29, 0.717) is 12.3 Å². The van der Waals surface area contributed by atoms with Crippen molar-refractivity contribution in [1.82, 2.24) is 9.88 Å². The summed E-state index contributed by atoms with van der Waals surface area (Å²) in [4.78, 5) is 20.8. The minimum Gasteiger partial charge on any atom is -0.346 e. The SMILES string of the molecule is CCC(C)C(=O)CN1CCN(c2nccs2)CC1. The van der Waals surface area contributed by atoms with Crippen LogP contribution in [0.3, 0.4) is 0 Å². The summed E-state index contributed by atoms with van der Waals surface area (Å²) in [6.07, 6.45) is 2.79. The van der Waals surface area contributed by atoms with Crippen LogP contribution in [0.5, 0.6) is 0 Å². The summed E-state index contributed by atoms with van der Waals surface area (Å²) < 4.78 is 0. The number of hydrogen-bond acceptors (Lipinski definition) is 5. The van der Waals surface area contributed by atoms with Crippen molar-refractivity contribution in [2.24, 2.45) is 5.92 Å². The van der Waals surface area contributed by atoms with Gasteiger partial charge in [-0.1, -0.05) is 13.8 Å². The molecule has 1 atom stereocenters. The molecule has 2 heterocycles. The fourth-order valence-corrected chi connectivity index (χ4v) is 2.77. The Hall–Kier alpha value is -0.940. The molecule has 1 fully saturated rings. The Morgan fingerprint density at radius 3 is 2.72 bits per heavy atom. The molecule has 100 valence electrons. The molecule has 1 unspecified atom stereocenters. The smallest absolute Gasteiger partial charge is 0.185 e. The minimum atomic E-state index is 0.196. The van der Waals surface area contributed by atoms with Crippen LogP contribution in [0.4, 0.5) is 5.13 Å². The van der Waals surface area contributed by atoms with Crippen LogP contribution < -0.4 is 4.90 Å². The normalized spacial score (nSPS) is 18.9. The van der Waals surface area contributed by atoms with Crippen LogP contribution in [0.2, 0.25) is 0 Å². The molecule has 1 aromatic rings. The maximum Gasteiger partial charge on any atom is 0.185 e. The first-order valence-electron chi connectivity index (χ1n) is 6.60. The van der Waals surface area contributed by atoms with Gasteiger partial charge in [0.1, 0.15) is 5.78 Å². The third-order valence-corrected chi connectivity index (χ3v) is 4.44. The molecule has 18 heavy (non-hydrogen) atoms. The molecule has 0 amide bonds. The average Bonchev–Trinajstić information content (AvgIpc) is 2.92. The van der Waals surface area contributed by atoms with Gasteiger partial charge in [0.15, 0.2) is 5.13 Å². The summed E-state index contributed by atoms with van der Waals surface area (Å²) in [5.74, 6) is 0.571. The van der Waals surface area contributed by atoms with E-state index >= 15 is 0 Å². The van der Waals surface area contributed by atoms with Gasteiger partial charge < -0.3 is 4.90 Å². The molecule has 1 aromatic heterocycles. The summed E-state index contributed by atoms with van der Waals surface area (Å²) in [6.45, 7) is 8.57. The summed E-state index contributed by atoms with van der Waals surface area (Å²) >= 11 is 1.68. The molecule has 0 radical (unpaired) electrons. The molecule has 1 saturated heterocycles. The first-order chi connectivity index (χ1) is 8.70. The minimum absolute atomic E-state index is 0.196. The standard InChI is InChI=1S/C13H21N3OS/c1-3-11(2)12(17)10-15-5-7-16(8-6-15)13-14-4-9-18-13/h4,9,11H,3,5-8,10H2,1-2H3. The highest BCUT2D eigenvalue weighted by Crippen LogP contribution is 2.19. The van der Waals surface area contributed by atoms with Gasteiger partial charge in [0.2, 0.25) is 0 Å². The Morgan fingerprint density at radius 2 is 2.17 bits per heavy atom. The molecule has 0 aromatic carbocycles. The Labute approximate surface area is 113 Å². The van der Waals surface area contributed by atoms with E-state index in [2.05, 4.69) is 21.7 Å². The summed E-state index contributed by atoms with van der Waals surface area (Å²) in [6, 6.07) is 0. The van der Waals surface area contributed by atoms with E-state index in [1.165, 1.54) is 0 Å². The maximum absolute atomic E-state index is 11.9. The molecule has 0 N–H and O–H groups in total. The Morgan fingerprint density at radius 1 is 1.44 bits per heavy atom. The molecular weight excluding hydrogens is 246 g/mol. The quantitative estimate of drug-likeness (QED) is 0.816. The zero-order chi connectivity index (χ0) is 13.0. The van der Waals surface area contributed by atoms with Gasteiger partial charge in [0, 0.05) is 43.7 Å². The van der Waals surface area contributed by atoms with Crippen molar-refractivity contribution in [2.75, 3.05) is 37.6 Å². The lowest BCUT2D eigenvalue weighted by Crippen LogP contribution is -2.48. The van der Waals surface area contributed by atoms with E-state index in [-0.39, 0.29) is 5.92 Å². The molecule has 2 rings (SSSR count). The van der Waals surface area contributed by atoms with Crippen molar-refractivity contribution in [3.63, 3.8) is 0 Å². The average molecular weight is 267 g/mol. The lowest BCUT2D eigenvalue weighted by molar-refractivity contribution is -0.123. The number of ketones is 1. The number of aromatic nitrogens is 1. The van der Waals surface area contributed by atoms with Gasteiger partial charge in [-0.15, -0.1) is 11.3 Å². The van der Waals surface area contributed by atoms with Crippen LogP contribution >= 0.6 is 11.3 Å². The van der Waals surface area contributed by atoms with E-state index in [1.54, 1.807) is 11.3 Å². The summed E-state index contributed by atoms with van der Waals surface area (Å²) in [5.41, 5.74) is 0. The summed E-state index contributed by atoms with van der Waals surface area (Å²) in [5, 5.41) is 3.11. The van der Waals surface area contributed by atoms with Crippen molar-refractivity contribution < 1.29 is 4.79 Å². The van der Waals surface area contributed by atoms with E-state index in [9.17, 15) is 4.79 Å². The molecule has 0 spiro atoms. The van der Waals surface area contributed by atoms with E-state index in [4.69, 9.17) is 0 Å². The zero-order valence-electron chi connectivity index (χ0n) is 11.1. The lowest BCUT2D eigenvalue weighted by atomic mass is 10.0. The highest BCUT2D eigenvalue weighted by molar-refractivity contribution is 7.13. The summed E-state index contributed by atoms with van der Waals surface area (Å²) in [7, 11) is 0. The predicted octanol–water partition coefficient (Wildman–Crippen LogP) is 1.88. The van der Waals surface area contributed by atoms with Crippen molar-refractivity contribution in [3.05, 3.63) is 11.6 Å². The van der Waals surface area contributed by atoms with Crippen LogP contribution in [0, 0.1) is 5.92 Å². The van der Waals surface area contributed by atoms with Crippen LogP contribution in [0.15, 0.2) is 11.6 Å². The van der Waals surface area contributed by atoms with Crippen LogP contribution in [-0.4, -0.2) is 48.4 Å². The number of Topliss-reactive ketones (excluding diaryl/α,β-unsaturated/α-hetero) is 1. The Kier molecular flexibility index (Phi) is 4.72. The van der Waals surface area contributed by atoms with E-state index < -0.39 is 0 Å². The van der Waals surface area contributed by atoms with Crippen molar-refractivity contribution in [3.8, 4) is 0 Å². The molecule has 1 aliphatic heterocycles. The van der Waals surface area contributed by atoms with Gasteiger partial charge in [-0.2, -0.15) is 0 Å². The first kappa shape index (κ1) is 13.5. The molecular formula is C13H21N3OS. The van der Waals surface area contributed by atoms with Crippen LogP contribution in [-0.2, 0) is 4.79 Å². The highest BCUT2D eigenvalue weighted by Gasteiger charge is 2.21. The molecule has 1 aliphatic rings. The third-order valence-electron chi connectivity index (χ3n) is 3.60. The molecule has 0 saturated carbocycles. The number of rotatable bonds is 5. The zero-order valence-corrected chi connectivity index (χ0v) is 11.9. The van der Waals surface area contributed by atoms with Gasteiger partial charge >= 0.3 is 0 Å². The van der Waals surface area contributed by atoms with Crippen molar-refractivity contribution in [2.45, 2.75) is 20.3 Å². The number of nitrogens with zero attached hydrogens (tertiary/aromatic N) is 3. The van der Waals surface area contributed by atoms with Gasteiger partial charge in [-0.05, 0) is 6.42 Å². The third kappa shape index (κ3) is 3.29. The number of anilines is 1. The van der Waals surface area contributed by atoms with Gasteiger partial charge in [0.25, 0.3) is 0 Å². The van der Waals surface area contributed by atoms with E-state index in [1.807, 2.05) is 18.5 Å². The second kappa shape index (κ2) is 6.29. The fourth-order valence-electron chi connectivity index (χ4n) is 2.07. The molecule has 0 aliphatic carbocycles.